The number of hydrogen-bond donors (Lipinski definition) is 0. The van der Waals surface area contributed by atoms with E-state index in [0.29, 0.717) is 25.7 Å². The molecule has 7 heteroatoms. The monoisotopic (exact) mass is 286 g/mol. The van der Waals surface area contributed by atoms with Crippen molar-refractivity contribution in [3.05, 3.63) is 24.1 Å². The molecule has 0 amide bonds. The molecule has 19 heavy (non-hydrogen) atoms. The molecule has 1 aromatic rings. The maximum absolute atomic E-state index is 13.6. The predicted octanol–water partition coefficient (Wildman–Crippen LogP) is 1.35. The second-order valence-electron chi connectivity index (χ2n) is 4.58. The van der Waals surface area contributed by atoms with Crippen LogP contribution in [0.2, 0.25) is 0 Å². The number of halogens is 1. The van der Waals surface area contributed by atoms with Gasteiger partial charge in [0, 0.05) is 32.1 Å². The van der Waals surface area contributed by atoms with Crippen molar-refractivity contribution in [1.82, 2.24) is 9.29 Å². The molecule has 0 unspecified atom stereocenters. The fourth-order valence-electron chi connectivity index (χ4n) is 2.18. The van der Waals surface area contributed by atoms with Gasteiger partial charge in [-0.3, -0.25) is 4.79 Å². The van der Waals surface area contributed by atoms with Crippen molar-refractivity contribution in [1.29, 1.82) is 0 Å². The molecule has 0 N–H and O–H groups in total. The van der Waals surface area contributed by atoms with Crippen molar-refractivity contribution in [3.8, 4) is 0 Å². The highest BCUT2D eigenvalue weighted by Crippen LogP contribution is 2.25. The Morgan fingerprint density at radius 1 is 1.37 bits per heavy atom. The summed E-state index contributed by atoms with van der Waals surface area (Å²) in [5.74, 6) is -0.715. The molecular formula is C12H15FN2O3S. The van der Waals surface area contributed by atoms with Gasteiger partial charge in [-0.05, 0) is 25.0 Å². The van der Waals surface area contributed by atoms with E-state index in [1.165, 1.54) is 19.3 Å². The number of carbonyl (C=O) groups is 1. The van der Waals surface area contributed by atoms with Crippen LogP contribution < -0.4 is 0 Å². The Bertz CT molecular complexity index is 578. The quantitative estimate of drug-likeness (QED) is 0.841. The number of hydrogen-bond acceptors (Lipinski definition) is 4. The zero-order valence-corrected chi connectivity index (χ0v) is 11.4. The normalized spacial score (nSPS) is 17.9. The van der Waals surface area contributed by atoms with E-state index in [1.807, 2.05) is 0 Å². The summed E-state index contributed by atoms with van der Waals surface area (Å²) in [5.41, 5.74) is 0. The van der Waals surface area contributed by atoms with Gasteiger partial charge in [0.05, 0.1) is 0 Å². The second-order valence-corrected chi connectivity index (χ2v) is 6.49. The molecule has 1 aliphatic rings. The van der Waals surface area contributed by atoms with Crippen LogP contribution in [0.15, 0.2) is 23.4 Å². The molecule has 0 aromatic carbocycles. The first-order chi connectivity index (χ1) is 8.93. The van der Waals surface area contributed by atoms with Crippen LogP contribution in [-0.4, -0.2) is 36.6 Å². The zero-order chi connectivity index (χ0) is 14.0. The van der Waals surface area contributed by atoms with E-state index in [0.717, 1.165) is 10.4 Å². The van der Waals surface area contributed by atoms with E-state index < -0.39 is 20.9 Å². The molecule has 2 rings (SSSR count). The van der Waals surface area contributed by atoms with Crippen molar-refractivity contribution < 1.29 is 17.6 Å². The van der Waals surface area contributed by atoms with E-state index in [2.05, 4.69) is 4.98 Å². The minimum atomic E-state index is -3.95. The Kier molecular flexibility index (Phi) is 3.96. The van der Waals surface area contributed by atoms with Gasteiger partial charge in [-0.25, -0.2) is 17.8 Å². The van der Waals surface area contributed by atoms with Crippen LogP contribution in [-0.2, 0) is 14.8 Å². The molecule has 5 nitrogen and oxygen atoms in total. The first-order valence-corrected chi connectivity index (χ1v) is 7.47. The fourth-order valence-corrected chi connectivity index (χ4v) is 3.57. The molecule has 1 aliphatic carbocycles. The molecule has 0 spiro atoms. The summed E-state index contributed by atoms with van der Waals surface area (Å²) < 4.78 is 39.2. The molecule has 1 saturated carbocycles. The van der Waals surface area contributed by atoms with Gasteiger partial charge in [0.25, 0.3) is 10.0 Å². The van der Waals surface area contributed by atoms with Gasteiger partial charge in [-0.15, -0.1) is 0 Å². The third kappa shape index (κ3) is 2.82. The smallest absolute Gasteiger partial charge is 0.263 e. The van der Waals surface area contributed by atoms with Crippen molar-refractivity contribution in [2.45, 2.75) is 36.8 Å². The molecule has 0 aliphatic heterocycles. The standard InChI is InChI=1S/C12H15FN2O3S/c1-15(9-4-6-10(16)7-5-9)19(17,18)12-11(13)3-2-8-14-12/h2-3,8-9H,4-7H2,1H3. The van der Waals surface area contributed by atoms with Crippen molar-refractivity contribution in [2.24, 2.45) is 0 Å². The molecule has 104 valence electrons. The molecule has 0 radical (unpaired) electrons. The van der Waals surface area contributed by atoms with Crippen LogP contribution in [0.1, 0.15) is 25.7 Å². The van der Waals surface area contributed by atoms with Gasteiger partial charge >= 0.3 is 0 Å². The average Bonchev–Trinajstić information content (AvgIpc) is 2.39. The minimum Gasteiger partial charge on any atom is -0.300 e. The topological polar surface area (TPSA) is 67.3 Å². The lowest BCUT2D eigenvalue weighted by atomic mass is 9.95. The predicted molar refractivity (Wildman–Crippen MR) is 66.4 cm³/mol. The lowest BCUT2D eigenvalue weighted by Gasteiger charge is -2.29. The van der Waals surface area contributed by atoms with Gasteiger partial charge in [0.15, 0.2) is 5.82 Å². The van der Waals surface area contributed by atoms with Crippen LogP contribution in [0.4, 0.5) is 4.39 Å². The van der Waals surface area contributed by atoms with E-state index in [-0.39, 0.29) is 11.8 Å². The second kappa shape index (κ2) is 5.34. The Balaban J connectivity index is 2.25. The third-order valence-electron chi connectivity index (χ3n) is 3.38. The van der Waals surface area contributed by atoms with Gasteiger partial charge in [0.1, 0.15) is 5.78 Å². The van der Waals surface area contributed by atoms with Gasteiger partial charge < -0.3 is 0 Å². The summed E-state index contributed by atoms with van der Waals surface area (Å²) >= 11 is 0. The summed E-state index contributed by atoms with van der Waals surface area (Å²) in [6, 6.07) is 2.13. The number of carbonyl (C=O) groups excluding carboxylic acids is 1. The maximum atomic E-state index is 13.6. The summed E-state index contributed by atoms with van der Waals surface area (Å²) in [6.07, 6.45) is 2.94. The van der Waals surface area contributed by atoms with Crippen molar-refractivity contribution in [3.63, 3.8) is 0 Å². The van der Waals surface area contributed by atoms with Crippen molar-refractivity contribution >= 4 is 15.8 Å². The lowest BCUT2D eigenvalue weighted by molar-refractivity contribution is -0.120. The highest BCUT2D eigenvalue weighted by molar-refractivity contribution is 7.89. The van der Waals surface area contributed by atoms with Crippen molar-refractivity contribution in [2.75, 3.05) is 7.05 Å². The summed E-state index contributed by atoms with van der Waals surface area (Å²) in [6.45, 7) is 0. The van der Waals surface area contributed by atoms with Crippen LogP contribution in [0.5, 0.6) is 0 Å². The molecule has 0 bridgehead atoms. The number of Topliss-reactive ketones (excluding diaryl/α,β-unsaturated/α-hetero) is 1. The molecular weight excluding hydrogens is 271 g/mol. The van der Waals surface area contributed by atoms with Gasteiger partial charge in [-0.2, -0.15) is 4.31 Å². The first kappa shape index (κ1) is 14.1. The summed E-state index contributed by atoms with van der Waals surface area (Å²) in [7, 11) is -2.54. The molecule has 0 atom stereocenters. The SMILES string of the molecule is CN(C1CCC(=O)CC1)S(=O)(=O)c1ncccc1F. The number of nitrogens with zero attached hydrogens (tertiary/aromatic N) is 2. The highest BCUT2D eigenvalue weighted by Gasteiger charge is 2.33. The van der Waals surface area contributed by atoms with Gasteiger partial charge in [0.2, 0.25) is 5.03 Å². The van der Waals surface area contributed by atoms with E-state index in [1.54, 1.807) is 0 Å². The molecule has 1 fully saturated rings. The zero-order valence-electron chi connectivity index (χ0n) is 10.5. The molecule has 0 saturated heterocycles. The lowest BCUT2D eigenvalue weighted by Crippen LogP contribution is -2.40. The Labute approximate surface area is 111 Å². The largest absolute Gasteiger partial charge is 0.300 e. The van der Waals surface area contributed by atoms with Crippen LogP contribution in [0.25, 0.3) is 0 Å². The fraction of sp³-hybridized carbons (Fsp3) is 0.500. The van der Waals surface area contributed by atoms with Crippen LogP contribution in [0.3, 0.4) is 0 Å². The molecule has 1 aromatic heterocycles. The Hall–Kier alpha value is -1.34. The Morgan fingerprint density at radius 3 is 2.58 bits per heavy atom. The Morgan fingerprint density at radius 2 is 2.00 bits per heavy atom. The molecule has 1 heterocycles. The number of sulfonamides is 1. The van der Waals surface area contributed by atoms with Crippen LogP contribution in [0, 0.1) is 5.82 Å². The van der Waals surface area contributed by atoms with E-state index in [9.17, 15) is 17.6 Å². The summed E-state index contributed by atoms with van der Waals surface area (Å²) in [5, 5.41) is -0.561. The first-order valence-electron chi connectivity index (χ1n) is 6.03. The third-order valence-corrected chi connectivity index (χ3v) is 5.22. The number of aromatic nitrogens is 1. The summed E-state index contributed by atoms with van der Waals surface area (Å²) in [4.78, 5) is 14.8. The number of pyridine rings is 1. The maximum Gasteiger partial charge on any atom is 0.263 e. The van der Waals surface area contributed by atoms with E-state index in [4.69, 9.17) is 0 Å². The minimum absolute atomic E-state index is 0.145. The highest BCUT2D eigenvalue weighted by atomic mass is 32.2. The van der Waals surface area contributed by atoms with E-state index >= 15 is 0 Å². The van der Waals surface area contributed by atoms with Gasteiger partial charge in [-0.1, -0.05) is 0 Å². The average molecular weight is 286 g/mol. The number of ketones is 1. The van der Waals surface area contributed by atoms with Crippen LogP contribution >= 0.6 is 0 Å². The number of rotatable bonds is 3.